The summed E-state index contributed by atoms with van der Waals surface area (Å²) in [7, 11) is 0. The van der Waals surface area contributed by atoms with Crippen LogP contribution in [0.5, 0.6) is 5.75 Å². The first-order valence-corrected chi connectivity index (χ1v) is 8.58. The quantitative estimate of drug-likeness (QED) is 0.695. The summed E-state index contributed by atoms with van der Waals surface area (Å²) in [6, 6.07) is 14.1. The molecule has 2 aromatic carbocycles. The van der Waals surface area contributed by atoms with Crippen LogP contribution in [0.2, 0.25) is 5.02 Å². The zero-order valence-corrected chi connectivity index (χ0v) is 20.0. The average Bonchev–Trinajstić information content (AvgIpc) is 2.57. The Morgan fingerprint density at radius 3 is 2.46 bits per heavy atom. The normalized spacial score (nSPS) is 20.3. The Labute approximate surface area is 197 Å². The Morgan fingerprint density at radius 1 is 1.12 bits per heavy atom. The van der Waals surface area contributed by atoms with Crippen LogP contribution in [0, 0.1) is 17.8 Å². The summed E-state index contributed by atoms with van der Waals surface area (Å²) in [6.07, 6.45) is 5.22. The summed E-state index contributed by atoms with van der Waals surface area (Å²) in [5.41, 5.74) is 2.47. The Kier molecular flexibility index (Phi) is 8.42. The van der Waals surface area contributed by atoms with Crippen molar-refractivity contribution in [2.45, 2.75) is 45.1 Å². The first kappa shape index (κ1) is 20.6. The first-order chi connectivity index (χ1) is 11.1. The van der Waals surface area contributed by atoms with E-state index in [4.69, 9.17) is 16.3 Å². The molecule has 0 atom stereocenters. The Morgan fingerprint density at radius 2 is 1.79 bits per heavy atom. The topological polar surface area (TPSA) is 9.23 Å². The second kappa shape index (κ2) is 9.82. The summed E-state index contributed by atoms with van der Waals surface area (Å²) in [6.45, 7) is 2.72. The zero-order chi connectivity index (χ0) is 16.2. The van der Waals surface area contributed by atoms with Gasteiger partial charge in [-0.05, 0) is 35.8 Å². The van der Waals surface area contributed by atoms with Crippen LogP contribution in [0.15, 0.2) is 36.4 Å². The van der Waals surface area contributed by atoms with Crippen LogP contribution in [-0.4, -0.2) is 0 Å². The molecular formula is C20H21ClFORb. The largest absolute Gasteiger partial charge is 1.00 e. The minimum Gasteiger partial charge on any atom is -0.513 e. The van der Waals surface area contributed by atoms with E-state index >= 15 is 0 Å². The molecule has 1 saturated carbocycles. The van der Waals surface area contributed by atoms with Gasteiger partial charge < -0.3 is 4.74 Å². The maximum Gasteiger partial charge on any atom is 1.00 e. The third-order valence-corrected chi connectivity index (χ3v) is 5.07. The van der Waals surface area contributed by atoms with E-state index in [1.54, 1.807) is 6.07 Å². The minimum absolute atomic E-state index is 0. The molecule has 24 heavy (non-hydrogen) atoms. The summed E-state index contributed by atoms with van der Waals surface area (Å²) in [5.74, 6) is 1.33. The first-order valence-electron chi connectivity index (χ1n) is 8.21. The fraction of sp³-hybridized carbons (Fsp3) is 0.400. The number of ether oxygens (including phenoxy) is 1. The van der Waals surface area contributed by atoms with Crippen molar-refractivity contribution in [1.82, 2.24) is 0 Å². The summed E-state index contributed by atoms with van der Waals surface area (Å²) >= 11 is 5.87. The van der Waals surface area contributed by atoms with Gasteiger partial charge in [-0.25, -0.2) is 4.39 Å². The van der Waals surface area contributed by atoms with E-state index < -0.39 is 5.82 Å². The molecular weight excluding hydrogens is 396 g/mol. The smallest absolute Gasteiger partial charge is 0.513 e. The van der Waals surface area contributed by atoms with Gasteiger partial charge in [-0.3, -0.25) is 0 Å². The number of hydrogen-bond donors (Lipinski definition) is 0. The number of hydrogen-bond acceptors (Lipinski definition) is 1. The maximum atomic E-state index is 13.3. The van der Waals surface area contributed by atoms with Crippen LogP contribution < -0.4 is 62.9 Å². The molecule has 1 aliphatic rings. The Bertz CT molecular complexity index is 651. The monoisotopic (exact) mass is 416 g/mol. The molecule has 0 aliphatic heterocycles. The van der Waals surface area contributed by atoms with Crippen molar-refractivity contribution in [3.63, 3.8) is 0 Å². The molecule has 0 radical (unpaired) electrons. The second-order valence-corrected chi connectivity index (χ2v) is 6.83. The molecule has 122 valence electrons. The molecule has 1 aliphatic carbocycles. The van der Waals surface area contributed by atoms with E-state index in [1.807, 2.05) is 0 Å². The molecule has 1 nitrogen and oxygen atoms in total. The molecule has 3 rings (SSSR count). The third kappa shape index (κ3) is 5.38. The van der Waals surface area contributed by atoms with E-state index in [-0.39, 0.29) is 63.2 Å². The van der Waals surface area contributed by atoms with Crippen molar-refractivity contribution in [2.24, 2.45) is 5.92 Å². The number of halogens is 2. The van der Waals surface area contributed by atoms with Crippen LogP contribution in [0.4, 0.5) is 4.39 Å². The predicted octanol–water partition coefficient (Wildman–Crippen LogP) is 3.16. The second-order valence-electron chi connectivity index (χ2n) is 6.46. The molecule has 0 N–H and O–H groups in total. The standard InChI is InChI=1S/C20H21ClFO.Rb/c1-14-5-9-16(10-6-14)17-11-7-15(8-12-17)13-23-19-4-2-3-18(22)20(19)21;/h2,4,7-8,11-12,14,16H,5-6,9-10,13H2,1H3;/q-1;+1. The van der Waals surface area contributed by atoms with Gasteiger partial charge in [0.15, 0.2) is 0 Å². The molecule has 2 aromatic rings. The van der Waals surface area contributed by atoms with Crippen molar-refractivity contribution >= 4 is 11.6 Å². The molecule has 0 spiro atoms. The van der Waals surface area contributed by atoms with E-state index in [0.29, 0.717) is 18.3 Å². The van der Waals surface area contributed by atoms with E-state index in [0.717, 1.165) is 11.5 Å². The molecule has 4 heteroatoms. The summed E-state index contributed by atoms with van der Waals surface area (Å²) < 4.78 is 18.9. The van der Waals surface area contributed by atoms with Gasteiger partial charge in [-0.1, -0.05) is 44.0 Å². The molecule has 0 aromatic heterocycles. The van der Waals surface area contributed by atoms with Crippen LogP contribution >= 0.6 is 11.6 Å². The zero-order valence-electron chi connectivity index (χ0n) is 14.3. The fourth-order valence-corrected chi connectivity index (χ4v) is 3.36. The van der Waals surface area contributed by atoms with E-state index in [9.17, 15) is 4.39 Å². The predicted molar refractivity (Wildman–Crippen MR) is 91.4 cm³/mol. The van der Waals surface area contributed by atoms with Gasteiger partial charge in [0.25, 0.3) is 0 Å². The van der Waals surface area contributed by atoms with Crippen molar-refractivity contribution in [3.8, 4) is 5.75 Å². The number of rotatable bonds is 4. The van der Waals surface area contributed by atoms with Gasteiger partial charge in [0, 0.05) is 16.6 Å². The SMILES string of the molecule is CC1CCC(c2ccc(COc3cc[c-]c(F)c3Cl)cc2)CC1.[Rb+]. The molecule has 0 bridgehead atoms. The van der Waals surface area contributed by atoms with Gasteiger partial charge >= 0.3 is 58.2 Å². The molecule has 0 saturated heterocycles. The molecule has 1 fully saturated rings. The van der Waals surface area contributed by atoms with E-state index in [1.165, 1.54) is 37.3 Å². The van der Waals surface area contributed by atoms with Crippen molar-refractivity contribution in [2.75, 3.05) is 0 Å². The fourth-order valence-electron chi connectivity index (χ4n) is 3.19. The third-order valence-electron chi connectivity index (χ3n) is 4.72. The van der Waals surface area contributed by atoms with E-state index in [2.05, 4.69) is 37.3 Å². The van der Waals surface area contributed by atoms with Gasteiger partial charge in [-0.15, -0.1) is 12.1 Å². The molecule has 0 heterocycles. The van der Waals surface area contributed by atoms with Crippen molar-refractivity contribution in [1.29, 1.82) is 0 Å². The van der Waals surface area contributed by atoms with Gasteiger partial charge in [-0.2, -0.15) is 17.7 Å². The van der Waals surface area contributed by atoms with Crippen molar-refractivity contribution in [3.05, 3.63) is 64.4 Å². The van der Waals surface area contributed by atoms with Gasteiger partial charge in [0.2, 0.25) is 0 Å². The average molecular weight is 417 g/mol. The maximum absolute atomic E-state index is 13.3. The van der Waals surface area contributed by atoms with Crippen molar-refractivity contribution < 1.29 is 67.3 Å². The van der Waals surface area contributed by atoms with Crippen LogP contribution in [-0.2, 0) is 6.61 Å². The summed E-state index contributed by atoms with van der Waals surface area (Å²) in [4.78, 5) is 0. The Hall–Kier alpha value is 0.265. The molecule has 0 amide bonds. The number of benzene rings is 2. The van der Waals surface area contributed by atoms with Crippen LogP contribution in [0.3, 0.4) is 0 Å². The summed E-state index contributed by atoms with van der Waals surface area (Å²) in [5, 5.41) is -0.0135. The Balaban J connectivity index is 0.00000208. The molecule has 0 unspecified atom stereocenters. The minimum atomic E-state index is -0.578. The van der Waals surface area contributed by atoms with Crippen LogP contribution in [0.25, 0.3) is 0 Å². The van der Waals surface area contributed by atoms with Gasteiger partial charge in [0.1, 0.15) is 6.61 Å². The van der Waals surface area contributed by atoms with Gasteiger partial charge in [0.05, 0.1) is 0 Å². The van der Waals surface area contributed by atoms with Crippen LogP contribution in [0.1, 0.15) is 49.7 Å².